The van der Waals surface area contributed by atoms with Gasteiger partial charge in [-0.3, -0.25) is 4.79 Å². The Bertz CT molecular complexity index is 744. The fourth-order valence-corrected chi connectivity index (χ4v) is 3.55. The zero-order valence-corrected chi connectivity index (χ0v) is 13.4. The summed E-state index contributed by atoms with van der Waals surface area (Å²) in [6, 6.07) is 4.09. The first-order chi connectivity index (χ1) is 9.85. The molecule has 0 bridgehead atoms. The van der Waals surface area contributed by atoms with Crippen LogP contribution < -0.4 is 5.73 Å². The molecule has 1 unspecified atom stereocenters. The summed E-state index contributed by atoms with van der Waals surface area (Å²) in [4.78, 5) is 19.8. The second-order valence-corrected chi connectivity index (χ2v) is 6.32. The first-order valence-corrected chi connectivity index (χ1v) is 7.48. The summed E-state index contributed by atoms with van der Waals surface area (Å²) in [5, 5.41) is 9.71. The number of hydrogen-bond acceptors (Lipinski definition) is 5. The molecule has 21 heavy (non-hydrogen) atoms. The predicted octanol–water partition coefficient (Wildman–Crippen LogP) is 2.73. The van der Waals surface area contributed by atoms with Gasteiger partial charge in [-0.15, -0.1) is 11.3 Å². The Morgan fingerprint density at radius 2 is 2.24 bits per heavy atom. The van der Waals surface area contributed by atoms with Crippen molar-refractivity contribution in [2.45, 2.75) is 20.8 Å². The Labute approximate surface area is 128 Å². The molecule has 1 atom stereocenters. The van der Waals surface area contributed by atoms with Crippen LogP contribution in [-0.4, -0.2) is 29.4 Å². The van der Waals surface area contributed by atoms with Crippen molar-refractivity contribution in [2.75, 3.05) is 19.3 Å². The number of rotatable bonds is 3. The third-order valence-electron chi connectivity index (χ3n) is 3.33. The van der Waals surface area contributed by atoms with Crippen LogP contribution in [-0.2, 0) is 0 Å². The number of thiophene rings is 1. The van der Waals surface area contributed by atoms with Crippen molar-refractivity contribution in [3.05, 3.63) is 22.2 Å². The summed E-state index contributed by atoms with van der Waals surface area (Å²) in [5.74, 6) is -0.369. The number of carbonyl (C=O) groups is 1. The Balaban J connectivity index is 2.43. The molecule has 2 heterocycles. The van der Waals surface area contributed by atoms with Crippen LogP contribution in [0.2, 0.25) is 0 Å². The van der Waals surface area contributed by atoms with Gasteiger partial charge in [0.25, 0.3) is 5.91 Å². The van der Waals surface area contributed by atoms with E-state index in [-0.39, 0.29) is 11.8 Å². The van der Waals surface area contributed by atoms with Gasteiger partial charge in [-0.05, 0) is 32.4 Å². The average Bonchev–Trinajstić information content (AvgIpc) is 2.74. The monoisotopic (exact) mass is 302 g/mol. The van der Waals surface area contributed by atoms with E-state index in [4.69, 9.17) is 11.0 Å². The maximum absolute atomic E-state index is 12.5. The van der Waals surface area contributed by atoms with Crippen molar-refractivity contribution in [1.29, 1.82) is 5.26 Å². The van der Waals surface area contributed by atoms with Gasteiger partial charge in [0.1, 0.15) is 9.71 Å². The molecule has 0 fully saturated rings. The zero-order chi connectivity index (χ0) is 15.7. The molecule has 6 heteroatoms. The van der Waals surface area contributed by atoms with Gasteiger partial charge in [0, 0.05) is 24.7 Å². The maximum atomic E-state index is 12.5. The minimum atomic E-state index is -0.211. The summed E-state index contributed by atoms with van der Waals surface area (Å²) >= 11 is 1.31. The van der Waals surface area contributed by atoms with Crippen LogP contribution in [0.4, 0.5) is 5.69 Å². The second kappa shape index (κ2) is 5.70. The van der Waals surface area contributed by atoms with E-state index in [1.165, 1.54) is 16.2 Å². The van der Waals surface area contributed by atoms with Crippen molar-refractivity contribution < 1.29 is 4.79 Å². The molecule has 2 aromatic rings. The first kappa shape index (κ1) is 15.3. The van der Waals surface area contributed by atoms with Gasteiger partial charge < -0.3 is 10.6 Å². The largest absolute Gasteiger partial charge is 0.397 e. The molecule has 0 radical (unpaired) electrons. The van der Waals surface area contributed by atoms with Gasteiger partial charge >= 0.3 is 0 Å². The fourth-order valence-electron chi connectivity index (χ4n) is 2.34. The van der Waals surface area contributed by atoms with E-state index in [1.807, 2.05) is 19.9 Å². The molecular weight excluding hydrogens is 284 g/mol. The van der Waals surface area contributed by atoms with Gasteiger partial charge in [-0.25, -0.2) is 4.98 Å². The molecule has 0 aromatic carbocycles. The van der Waals surface area contributed by atoms with Crippen molar-refractivity contribution in [2.24, 2.45) is 5.92 Å². The minimum Gasteiger partial charge on any atom is -0.397 e. The van der Waals surface area contributed by atoms with Crippen molar-refractivity contribution >= 4 is 33.1 Å². The lowest BCUT2D eigenvalue weighted by molar-refractivity contribution is 0.0791. The highest BCUT2D eigenvalue weighted by Crippen LogP contribution is 2.35. The quantitative estimate of drug-likeness (QED) is 0.945. The summed E-state index contributed by atoms with van der Waals surface area (Å²) in [5.41, 5.74) is 8.57. The molecule has 2 aromatic heterocycles. The lowest BCUT2D eigenvalue weighted by atomic mass is 10.1. The number of pyridine rings is 1. The third-order valence-corrected chi connectivity index (χ3v) is 4.42. The van der Waals surface area contributed by atoms with Crippen LogP contribution in [0.15, 0.2) is 6.07 Å². The summed E-state index contributed by atoms with van der Waals surface area (Å²) < 4.78 is 0. The molecule has 0 aliphatic heterocycles. The highest BCUT2D eigenvalue weighted by atomic mass is 32.1. The van der Waals surface area contributed by atoms with Crippen LogP contribution >= 0.6 is 11.3 Å². The smallest absolute Gasteiger partial charge is 0.265 e. The summed E-state index contributed by atoms with van der Waals surface area (Å²) in [6.07, 6.45) is 0. The lowest BCUT2D eigenvalue weighted by Gasteiger charge is -2.17. The van der Waals surface area contributed by atoms with Gasteiger partial charge in [0.05, 0.1) is 17.7 Å². The van der Waals surface area contributed by atoms with Crippen LogP contribution in [0.3, 0.4) is 0 Å². The number of nitrogens with two attached hydrogens (primary N) is 1. The van der Waals surface area contributed by atoms with Crippen LogP contribution in [0.25, 0.3) is 10.2 Å². The van der Waals surface area contributed by atoms with Gasteiger partial charge in [-0.2, -0.15) is 5.26 Å². The topological polar surface area (TPSA) is 83.0 Å². The van der Waals surface area contributed by atoms with Gasteiger partial charge in [0.2, 0.25) is 0 Å². The predicted molar refractivity (Wildman–Crippen MR) is 85.2 cm³/mol. The number of aryl methyl sites for hydroxylation is 2. The number of nitriles is 1. The Morgan fingerprint density at radius 3 is 2.86 bits per heavy atom. The molecule has 0 aliphatic rings. The van der Waals surface area contributed by atoms with E-state index >= 15 is 0 Å². The summed E-state index contributed by atoms with van der Waals surface area (Å²) in [6.45, 7) is 6.06. The third kappa shape index (κ3) is 2.83. The molecule has 1 amide bonds. The van der Waals surface area contributed by atoms with E-state index in [0.717, 1.165) is 21.5 Å². The number of anilines is 1. The SMILES string of the molecule is Cc1cc(C)c2c(N)c(C(=O)N(C)CC(C)C#N)sc2n1. The number of hydrogen-bond donors (Lipinski definition) is 1. The molecule has 2 N–H and O–H groups in total. The number of nitrogens with zero attached hydrogens (tertiary/aromatic N) is 3. The van der Waals surface area contributed by atoms with Crippen LogP contribution in [0.1, 0.15) is 27.9 Å². The van der Waals surface area contributed by atoms with Crippen molar-refractivity contribution in [1.82, 2.24) is 9.88 Å². The molecule has 0 spiro atoms. The Morgan fingerprint density at radius 1 is 1.57 bits per heavy atom. The molecule has 0 saturated carbocycles. The number of carbonyl (C=O) groups excluding carboxylic acids is 1. The lowest BCUT2D eigenvalue weighted by Crippen LogP contribution is -2.30. The number of aromatic nitrogens is 1. The van der Waals surface area contributed by atoms with Gasteiger partial charge in [-0.1, -0.05) is 0 Å². The van der Waals surface area contributed by atoms with Gasteiger partial charge in [0.15, 0.2) is 0 Å². The van der Waals surface area contributed by atoms with E-state index in [0.29, 0.717) is 17.1 Å². The van der Waals surface area contributed by atoms with Crippen molar-refractivity contribution in [3.8, 4) is 6.07 Å². The van der Waals surface area contributed by atoms with E-state index in [1.54, 1.807) is 14.0 Å². The number of amides is 1. The number of nitrogen functional groups attached to an aromatic ring is 1. The Kier molecular flexibility index (Phi) is 4.14. The number of fused-ring (bicyclic) bond motifs is 1. The minimum absolute atomic E-state index is 0.158. The van der Waals surface area contributed by atoms with Crippen LogP contribution in [0.5, 0.6) is 0 Å². The molecule has 0 saturated heterocycles. The van der Waals surface area contributed by atoms with Crippen molar-refractivity contribution in [3.63, 3.8) is 0 Å². The normalized spacial score (nSPS) is 12.1. The van der Waals surface area contributed by atoms with E-state index in [2.05, 4.69) is 11.1 Å². The van der Waals surface area contributed by atoms with E-state index < -0.39 is 0 Å². The molecule has 5 nitrogen and oxygen atoms in total. The maximum Gasteiger partial charge on any atom is 0.265 e. The fraction of sp³-hybridized carbons (Fsp3) is 0.400. The molecule has 0 aliphatic carbocycles. The molecule has 110 valence electrons. The second-order valence-electron chi connectivity index (χ2n) is 5.32. The standard InChI is InChI=1S/C15H18N4OS/c1-8(6-16)7-19(4)15(20)13-12(17)11-9(2)5-10(3)18-14(11)21-13/h5,8H,7,17H2,1-4H3. The molecule has 2 rings (SSSR count). The highest BCUT2D eigenvalue weighted by Gasteiger charge is 2.22. The van der Waals surface area contributed by atoms with Crippen LogP contribution in [0, 0.1) is 31.1 Å². The summed E-state index contributed by atoms with van der Waals surface area (Å²) in [7, 11) is 1.69. The van der Waals surface area contributed by atoms with E-state index in [9.17, 15) is 4.79 Å². The Hall–Kier alpha value is -2.13. The highest BCUT2D eigenvalue weighted by molar-refractivity contribution is 7.21. The first-order valence-electron chi connectivity index (χ1n) is 6.66. The molecular formula is C15H18N4OS. The average molecular weight is 302 g/mol. The zero-order valence-electron chi connectivity index (χ0n) is 12.6.